The summed E-state index contributed by atoms with van der Waals surface area (Å²) in [4.78, 5) is 27.1. The van der Waals surface area contributed by atoms with E-state index in [4.69, 9.17) is 9.84 Å². The molecule has 6 nitrogen and oxygen atoms in total. The zero-order chi connectivity index (χ0) is 15.8. The average Bonchev–Trinajstić information content (AvgIpc) is 2.30. The molecule has 118 valence electrons. The minimum absolute atomic E-state index is 0.0267. The van der Waals surface area contributed by atoms with Gasteiger partial charge < -0.3 is 14.7 Å². The third-order valence-corrected chi connectivity index (χ3v) is 3.98. The molecule has 2 aliphatic heterocycles. The van der Waals surface area contributed by atoms with Gasteiger partial charge in [-0.2, -0.15) is 0 Å². The number of carbonyl (C=O) groups excluding carboxylic acids is 1. The molecule has 6 heteroatoms. The quantitative estimate of drug-likeness (QED) is 0.786. The van der Waals surface area contributed by atoms with Crippen LogP contribution in [0.25, 0.3) is 0 Å². The number of ether oxygens (including phenoxy) is 1. The molecule has 2 atom stereocenters. The van der Waals surface area contributed by atoms with Crippen LogP contribution in [0.15, 0.2) is 11.6 Å². The number of nitrogens with zero attached hydrogens (tertiary/aromatic N) is 2. The molecule has 21 heavy (non-hydrogen) atoms. The smallest absolute Gasteiger partial charge is 0.410 e. The minimum atomic E-state index is -0.831. The molecule has 0 aromatic heterocycles. The number of fused-ring (bicyclic) bond motifs is 2. The van der Waals surface area contributed by atoms with E-state index in [0.29, 0.717) is 13.1 Å². The second kappa shape index (κ2) is 5.67. The maximum Gasteiger partial charge on any atom is 0.410 e. The van der Waals surface area contributed by atoms with Gasteiger partial charge in [-0.3, -0.25) is 9.69 Å². The number of rotatable bonds is 2. The van der Waals surface area contributed by atoms with Crippen LogP contribution in [-0.2, 0) is 9.53 Å². The van der Waals surface area contributed by atoms with Gasteiger partial charge in [0, 0.05) is 25.2 Å². The Hall–Kier alpha value is -1.56. The monoisotopic (exact) mass is 296 g/mol. The van der Waals surface area contributed by atoms with Gasteiger partial charge in [0.25, 0.3) is 0 Å². The van der Waals surface area contributed by atoms with Crippen LogP contribution in [0.4, 0.5) is 4.79 Å². The molecule has 0 radical (unpaired) electrons. The van der Waals surface area contributed by atoms with E-state index in [9.17, 15) is 9.59 Å². The van der Waals surface area contributed by atoms with E-state index in [1.54, 1.807) is 4.90 Å². The van der Waals surface area contributed by atoms with Crippen molar-refractivity contribution in [2.75, 3.05) is 20.1 Å². The Bertz CT molecular complexity index is 467. The highest BCUT2D eigenvalue weighted by Crippen LogP contribution is 2.29. The summed E-state index contributed by atoms with van der Waals surface area (Å²) < 4.78 is 5.43. The molecule has 2 unspecified atom stereocenters. The number of aliphatic carboxylic acids is 1. The molecular weight excluding hydrogens is 272 g/mol. The lowest BCUT2D eigenvalue weighted by Gasteiger charge is -2.48. The first kappa shape index (κ1) is 15.8. The highest BCUT2D eigenvalue weighted by Gasteiger charge is 2.39. The lowest BCUT2D eigenvalue weighted by Crippen LogP contribution is -2.61. The van der Waals surface area contributed by atoms with Crippen LogP contribution in [0, 0.1) is 0 Å². The van der Waals surface area contributed by atoms with Crippen molar-refractivity contribution in [1.29, 1.82) is 0 Å². The maximum atomic E-state index is 12.2. The van der Waals surface area contributed by atoms with Crippen LogP contribution in [-0.4, -0.2) is 64.8 Å². The second-order valence-corrected chi connectivity index (χ2v) is 6.81. The molecule has 1 fully saturated rings. The number of amides is 1. The molecule has 0 spiro atoms. The van der Waals surface area contributed by atoms with Crippen LogP contribution in [0.1, 0.15) is 33.6 Å². The summed E-state index contributed by atoms with van der Waals surface area (Å²) >= 11 is 0. The SMILES string of the molecule is CN1C2CC=C(CC(=O)O)C1CN(C(=O)OC(C)(C)C)C2. The molecule has 0 aromatic carbocycles. The van der Waals surface area contributed by atoms with Crippen LogP contribution >= 0.6 is 0 Å². The van der Waals surface area contributed by atoms with Crippen molar-refractivity contribution in [3.63, 3.8) is 0 Å². The van der Waals surface area contributed by atoms with Crippen molar-refractivity contribution in [3.05, 3.63) is 11.6 Å². The Morgan fingerprint density at radius 2 is 2.05 bits per heavy atom. The molecule has 2 rings (SSSR count). The number of piperazine rings is 1. The van der Waals surface area contributed by atoms with Crippen LogP contribution in [0.5, 0.6) is 0 Å². The fourth-order valence-electron chi connectivity index (χ4n) is 2.93. The minimum Gasteiger partial charge on any atom is -0.481 e. The highest BCUT2D eigenvalue weighted by atomic mass is 16.6. The van der Waals surface area contributed by atoms with E-state index >= 15 is 0 Å². The Labute approximate surface area is 125 Å². The number of carbonyl (C=O) groups is 2. The number of carboxylic acid groups (broad SMARTS) is 1. The largest absolute Gasteiger partial charge is 0.481 e. The van der Waals surface area contributed by atoms with Gasteiger partial charge in [-0.25, -0.2) is 4.79 Å². The third kappa shape index (κ3) is 3.75. The Kier molecular flexibility index (Phi) is 4.27. The van der Waals surface area contributed by atoms with E-state index in [2.05, 4.69) is 4.90 Å². The highest BCUT2D eigenvalue weighted by molar-refractivity contribution is 5.71. The molecule has 0 aliphatic carbocycles. The van der Waals surface area contributed by atoms with Crippen molar-refractivity contribution in [2.24, 2.45) is 0 Å². The van der Waals surface area contributed by atoms with Crippen molar-refractivity contribution in [1.82, 2.24) is 9.80 Å². The lowest BCUT2D eigenvalue weighted by atomic mass is 9.89. The Morgan fingerprint density at radius 3 is 2.62 bits per heavy atom. The van der Waals surface area contributed by atoms with Crippen LogP contribution in [0.3, 0.4) is 0 Å². The zero-order valence-electron chi connectivity index (χ0n) is 13.1. The van der Waals surface area contributed by atoms with E-state index < -0.39 is 11.6 Å². The fraction of sp³-hybridized carbons (Fsp3) is 0.733. The van der Waals surface area contributed by atoms with Gasteiger partial charge in [0.05, 0.1) is 6.42 Å². The molecule has 0 saturated carbocycles. The van der Waals surface area contributed by atoms with E-state index in [1.807, 2.05) is 33.9 Å². The summed E-state index contributed by atoms with van der Waals surface area (Å²) in [6, 6.07) is 0.204. The van der Waals surface area contributed by atoms with Gasteiger partial charge in [-0.15, -0.1) is 0 Å². The van der Waals surface area contributed by atoms with Gasteiger partial charge in [0.2, 0.25) is 0 Å². The Balaban J connectivity index is 2.10. The molecule has 2 aliphatic rings. The molecule has 0 aromatic rings. The number of carboxylic acids is 1. The van der Waals surface area contributed by atoms with Gasteiger partial charge in [-0.05, 0) is 39.8 Å². The van der Waals surface area contributed by atoms with E-state index in [1.165, 1.54) is 0 Å². The van der Waals surface area contributed by atoms with Crippen molar-refractivity contribution >= 4 is 12.1 Å². The lowest BCUT2D eigenvalue weighted by molar-refractivity contribution is -0.136. The van der Waals surface area contributed by atoms with Crippen LogP contribution < -0.4 is 0 Å². The first-order chi connectivity index (χ1) is 9.67. The molecule has 1 N–H and O–H groups in total. The maximum absolute atomic E-state index is 12.2. The van der Waals surface area contributed by atoms with Crippen molar-refractivity contribution in [3.8, 4) is 0 Å². The number of likely N-dealkylation sites (N-methyl/N-ethyl adjacent to an activating group) is 1. The van der Waals surface area contributed by atoms with E-state index in [-0.39, 0.29) is 24.6 Å². The first-order valence-electron chi connectivity index (χ1n) is 7.28. The molecule has 1 saturated heterocycles. The number of hydrogen-bond donors (Lipinski definition) is 1. The average molecular weight is 296 g/mol. The van der Waals surface area contributed by atoms with Crippen molar-refractivity contribution < 1.29 is 19.4 Å². The summed E-state index contributed by atoms with van der Waals surface area (Å²) in [5, 5.41) is 9.01. The molecule has 2 heterocycles. The van der Waals surface area contributed by atoms with Gasteiger partial charge in [-0.1, -0.05) is 6.08 Å². The van der Waals surface area contributed by atoms with Gasteiger partial charge >= 0.3 is 12.1 Å². The first-order valence-corrected chi connectivity index (χ1v) is 7.28. The normalized spacial score (nSPS) is 26.3. The zero-order valence-corrected chi connectivity index (χ0v) is 13.1. The second-order valence-electron chi connectivity index (χ2n) is 6.81. The number of hydrogen-bond acceptors (Lipinski definition) is 4. The molecule has 1 amide bonds. The topological polar surface area (TPSA) is 70.1 Å². The van der Waals surface area contributed by atoms with E-state index in [0.717, 1.165) is 12.0 Å². The summed E-state index contributed by atoms with van der Waals surface area (Å²) in [6.45, 7) is 6.65. The van der Waals surface area contributed by atoms with Gasteiger partial charge in [0.15, 0.2) is 0 Å². The summed E-state index contributed by atoms with van der Waals surface area (Å²) in [5.74, 6) is -0.831. The third-order valence-electron chi connectivity index (χ3n) is 3.98. The molecular formula is C15H24N2O4. The summed E-state index contributed by atoms with van der Waals surface area (Å²) in [5.41, 5.74) is 0.365. The van der Waals surface area contributed by atoms with Crippen molar-refractivity contribution in [2.45, 2.75) is 51.3 Å². The fourth-order valence-corrected chi connectivity index (χ4v) is 2.93. The van der Waals surface area contributed by atoms with Crippen LogP contribution in [0.2, 0.25) is 0 Å². The van der Waals surface area contributed by atoms with Gasteiger partial charge in [0.1, 0.15) is 5.60 Å². The molecule has 2 bridgehead atoms. The summed E-state index contributed by atoms with van der Waals surface area (Å²) in [7, 11) is 2.00. The Morgan fingerprint density at radius 1 is 1.38 bits per heavy atom. The standard InChI is InChI=1S/C15H24N2O4/c1-15(2,3)21-14(20)17-8-11-6-5-10(7-13(18)19)12(9-17)16(11)4/h5,11-12H,6-9H2,1-4H3,(H,18,19). The summed E-state index contributed by atoms with van der Waals surface area (Å²) in [6.07, 6.45) is 2.51. The predicted molar refractivity (Wildman–Crippen MR) is 78.1 cm³/mol. The predicted octanol–water partition coefficient (Wildman–Crippen LogP) is 1.71.